The zero-order valence-corrected chi connectivity index (χ0v) is 24.7. The first kappa shape index (κ1) is 30.8. The van der Waals surface area contributed by atoms with E-state index in [0.29, 0.717) is 24.1 Å². The molecule has 0 bridgehead atoms. The Morgan fingerprint density at radius 2 is 1.85 bits per heavy atom. The Hall–Kier alpha value is -3.10. The van der Waals surface area contributed by atoms with Gasteiger partial charge in [0.1, 0.15) is 27.8 Å². The van der Waals surface area contributed by atoms with Crippen LogP contribution in [0, 0.1) is 11.3 Å². The largest absolute Gasteiger partial charge is 0.476 e. The van der Waals surface area contributed by atoms with Gasteiger partial charge in [-0.15, -0.1) is 9.46 Å². The number of hydrogen-bond acceptors (Lipinski definition) is 6. The standard InChI is InChI=1S/C27H31F3N6O3S.H2S/c1-18-15-25(2,3)35(16-18)23-20(24(37)34-40(31,38)19-7-5-4-6-8-19)9-10-21(32-23)36-14-11-22(33-36)39-17-26(12-13-26)27(28,29)30;/h4-11,14,18H,12-13,15-17H2,1-3H3,(H2,31,34,37,38);1H2/t18-,40?;/m0./s1. The molecule has 2 atom stereocenters. The number of alkyl halides is 3. The van der Waals surface area contributed by atoms with E-state index in [9.17, 15) is 22.2 Å². The van der Waals surface area contributed by atoms with Crippen LogP contribution in [0.4, 0.5) is 19.0 Å². The first-order valence-corrected chi connectivity index (χ1v) is 14.5. The molecule has 9 nitrogen and oxygen atoms in total. The zero-order valence-electron chi connectivity index (χ0n) is 22.9. The number of rotatable bonds is 7. The lowest BCUT2D eigenvalue weighted by Crippen LogP contribution is -2.39. The first-order chi connectivity index (χ1) is 18.7. The highest BCUT2D eigenvalue weighted by atomic mass is 32.2. The van der Waals surface area contributed by atoms with E-state index >= 15 is 0 Å². The average molecular weight is 611 g/mol. The minimum absolute atomic E-state index is 0. The second-order valence-corrected chi connectivity index (χ2v) is 13.0. The van der Waals surface area contributed by atoms with Crippen LogP contribution in [0.25, 0.3) is 5.82 Å². The van der Waals surface area contributed by atoms with Crippen LogP contribution in [0.2, 0.25) is 0 Å². The van der Waals surface area contributed by atoms with Crippen LogP contribution in [-0.2, 0) is 9.92 Å². The summed E-state index contributed by atoms with van der Waals surface area (Å²) in [6.07, 6.45) is -1.88. The van der Waals surface area contributed by atoms with E-state index in [2.05, 4.69) is 16.4 Å². The van der Waals surface area contributed by atoms with Crippen LogP contribution in [0.5, 0.6) is 5.88 Å². The molecule has 222 valence electrons. The van der Waals surface area contributed by atoms with Crippen molar-refractivity contribution in [2.45, 2.75) is 56.6 Å². The number of amides is 1. The molecule has 1 unspecified atom stereocenters. The first-order valence-electron chi connectivity index (χ1n) is 12.9. The third-order valence-electron chi connectivity index (χ3n) is 7.47. The molecule has 0 radical (unpaired) electrons. The minimum atomic E-state index is -4.33. The SMILES string of the molecule is C[C@@H]1CN(c2nc(-n3ccc(OCC4(C(F)(F)F)CC4)n3)ccc2C(=O)N=S(N)(=O)c2ccccc2)C(C)(C)C1.S. The van der Waals surface area contributed by atoms with Crippen molar-refractivity contribution in [3.8, 4) is 11.7 Å². The van der Waals surface area contributed by atoms with E-state index in [0.717, 1.165) is 6.42 Å². The van der Waals surface area contributed by atoms with Gasteiger partial charge in [0, 0.05) is 24.3 Å². The van der Waals surface area contributed by atoms with Crippen LogP contribution in [0.1, 0.15) is 50.4 Å². The predicted octanol–water partition coefficient (Wildman–Crippen LogP) is 5.27. The molecule has 2 aromatic heterocycles. The summed E-state index contributed by atoms with van der Waals surface area (Å²) in [6.45, 7) is 6.31. The molecular formula is C27H33F3N6O3S2. The van der Waals surface area contributed by atoms with E-state index in [1.165, 1.54) is 29.1 Å². The highest BCUT2D eigenvalue weighted by Gasteiger charge is 2.64. The molecule has 2 fully saturated rings. The molecule has 1 aliphatic heterocycles. The molecule has 41 heavy (non-hydrogen) atoms. The van der Waals surface area contributed by atoms with Gasteiger partial charge in [-0.2, -0.15) is 26.7 Å². The summed E-state index contributed by atoms with van der Waals surface area (Å²) < 4.78 is 63.6. The Morgan fingerprint density at radius 3 is 2.44 bits per heavy atom. The number of carbonyl (C=O) groups excluding carboxylic acids is 1. The van der Waals surface area contributed by atoms with Gasteiger partial charge in [-0.05, 0) is 63.3 Å². The highest BCUT2D eigenvalue weighted by Crippen LogP contribution is 2.57. The Bertz CT molecular complexity index is 1550. The maximum atomic E-state index is 13.4. The highest BCUT2D eigenvalue weighted by molar-refractivity contribution is 7.91. The van der Waals surface area contributed by atoms with Gasteiger partial charge in [-0.1, -0.05) is 25.1 Å². The van der Waals surface area contributed by atoms with Crippen molar-refractivity contribution in [1.29, 1.82) is 0 Å². The second-order valence-electron chi connectivity index (χ2n) is 11.2. The quantitative estimate of drug-likeness (QED) is 0.390. The maximum absolute atomic E-state index is 13.4. The second kappa shape index (κ2) is 11.0. The fourth-order valence-electron chi connectivity index (χ4n) is 5.12. The van der Waals surface area contributed by atoms with Crippen molar-refractivity contribution in [3.63, 3.8) is 0 Å². The molecule has 1 saturated carbocycles. The molecule has 2 aliphatic rings. The van der Waals surface area contributed by atoms with E-state index in [1.54, 1.807) is 30.3 Å². The number of ether oxygens (including phenoxy) is 1. The summed E-state index contributed by atoms with van der Waals surface area (Å²) in [6, 6.07) is 12.7. The molecule has 14 heteroatoms. The fourth-order valence-corrected chi connectivity index (χ4v) is 6.12. The minimum Gasteiger partial charge on any atom is -0.476 e. The van der Waals surface area contributed by atoms with Crippen LogP contribution in [0.15, 0.2) is 64.0 Å². The summed E-state index contributed by atoms with van der Waals surface area (Å²) in [7, 11) is -3.51. The number of aromatic nitrogens is 3. The fraction of sp³-hybridized carbons (Fsp3) is 0.444. The Kier molecular flexibility index (Phi) is 8.24. The van der Waals surface area contributed by atoms with Gasteiger partial charge in [0.2, 0.25) is 5.88 Å². The molecule has 1 saturated heterocycles. The Balaban J connectivity index is 0.00000387. The van der Waals surface area contributed by atoms with Crippen molar-refractivity contribution < 1.29 is 26.9 Å². The van der Waals surface area contributed by atoms with E-state index in [4.69, 9.17) is 14.9 Å². The molecular weight excluding hydrogens is 577 g/mol. The number of nitrogens with zero attached hydrogens (tertiary/aromatic N) is 5. The van der Waals surface area contributed by atoms with E-state index in [1.807, 2.05) is 18.7 Å². The number of anilines is 1. The van der Waals surface area contributed by atoms with Gasteiger partial charge in [0.05, 0.1) is 10.5 Å². The van der Waals surface area contributed by atoms with E-state index < -0.39 is 34.0 Å². The van der Waals surface area contributed by atoms with Crippen molar-refractivity contribution in [1.82, 2.24) is 14.8 Å². The lowest BCUT2D eigenvalue weighted by molar-refractivity contribution is -0.194. The van der Waals surface area contributed by atoms with Crippen LogP contribution < -0.4 is 14.8 Å². The molecule has 3 aromatic rings. The molecule has 1 aromatic carbocycles. The number of hydrogen-bond donors (Lipinski definition) is 1. The molecule has 5 rings (SSSR count). The topological polar surface area (TPSA) is 116 Å². The van der Waals surface area contributed by atoms with Gasteiger partial charge in [0.15, 0.2) is 5.82 Å². The third kappa shape index (κ3) is 6.24. The summed E-state index contributed by atoms with van der Waals surface area (Å²) >= 11 is 0. The number of halogens is 3. The predicted molar refractivity (Wildman–Crippen MR) is 154 cm³/mol. The number of carbonyl (C=O) groups is 1. The zero-order chi connectivity index (χ0) is 28.9. The average Bonchev–Trinajstić information content (AvgIpc) is 3.46. The van der Waals surface area contributed by atoms with Crippen molar-refractivity contribution in [2.75, 3.05) is 18.1 Å². The molecule has 1 aliphatic carbocycles. The lowest BCUT2D eigenvalue weighted by Gasteiger charge is -2.33. The van der Waals surface area contributed by atoms with Gasteiger partial charge in [-0.3, -0.25) is 4.79 Å². The Morgan fingerprint density at radius 1 is 1.17 bits per heavy atom. The number of benzene rings is 1. The number of pyridine rings is 1. The van der Waals surface area contributed by atoms with Gasteiger partial charge in [-0.25, -0.2) is 19.0 Å². The van der Waals surface area contributed by atoms with Crippen LogP contribution in [0.3, 0.4) is 0 Å². The lowest BCUT2D eigenvalue weighted by atomic mass is 9.97. The monoisotopic (exact) mass is 610 g/mol. The van der Waals surface area contributed by atoms with Crippen LogP contribution >= 0.6 is 13.5 Å². The molecule has 1 amide bonds. The van der Waals surface area contributed by atoms with Crippen molar-refractivity contribution in [3.05, 3.63) is 60.3 Å². The maximum Gasteiger partial charge on any atom is 0.397 e. The van der Waals surface area contributed by atoms with Crippen LogP contribution in [-0.4, -0.2) is 49.7 Å². The summed E-state index contributed by atoms with van der Waals surface area (Å²) in [4.78, 5) is 20.4. The normalized spacial score (nSPS) is 20.6. The van der Waals surface area contributed by atoms with Gasteiger partial charge >= 0.3 is 6.18 Å². The third-order valence-corrected chi connectivity index (χ3v) is 8.85. The molecule has 2 N–H and O–H groups in total. The summed E-state index contributed by atoms with van der Waals surface area (Å²) in [5.74, 6) is 0.236. The summed E-state index contributed by atoms with van der Waals surface area (Å²) in [5.41, 5.74) is -2.03. The molecule has 3 heterocycles. The number of nitrogens with two attached hydrogens (primary N) is 1. The van der Waals surface area contributed by atoms with E-state index in [-0.39, 0.29) is 48.2 Å². The molecule has 0 spiro atoms. The van der Waals surface area contributed by atoms with Crippen molar-refractivity contribution >= 4 is 35.1 Å². The van der Waals surface area contributed by atoms with Gasteiger partial charge < -0.3 is 9.64 Å². The Labute approximate surface area is 244 Å². The van der Waals surface area contributed by atoms with Gasteiger partial charge in [0.25, 0.3) is 5.91 Å². The summed E-state index contributed by atoms with van der Waals surface area (Å²) in [5, 5.41) is 10.2. The van der Waals surface area contributed by atoms with Crippen molar-refractivity contribution in [2.24, 2.45) is 20.8 Å². The smallest absolute Gasteiger partial charge is 0.397 e.